The third kappa shape index (κ3) is 2.78. The molecule has 0 spiro atoms. The summed E-state index contributed by atoms with van der Waals surface area (Å²) in [6, 6.07) is 9.82. The van der Waals surface area contributed by atoms with Gasteiger partial charge in [-0.25, -0.2) is 4.79 Å². The number of nitrogens with two attached hydrogens (primary N) is 1. The van der Waals surface area contributed by atoms with Gasteiger partial charge in [-0.15, -0.1) is 0 Å². The van der Waals surface area contributed by atoms with Crippen LogP contribution >= 0.6 is 11.6 Å². The first-order chi connectivity index (χ1) is 9.52. The number of rotatable bonds is 4. The van der Waals surface area contributed by atoms with Crippen molar-refractivity contribution in [3.8, 4) is 5.75 Å². The Hall–Kier alpha value is -2.40. The molecule has 0 bridgehead atoms. The Morgan fingerprint density at radius 1 is 1.30 bits per heavy atom. The van der Waals surface area contributed by atoms with Gasteiger partial charge in [0.1, 0.15) is 5.75 Å². The van der Waals surface area contributed by atoms with E-state index in [0.717, 1.165) is 0 Å². The maximum atomic E-state index is 11.1. The van der Waals surface area contributed by atoms with Gasteiger partial charge in [-0.05, 0) is 30.3 Å². The molecular formula is C14H13ClN2O3. The van der Waals surface area contributed by atoms with Crippen LogP contribution in [0.2, 0.25) is 5.02 Å². The van der Waals surface area contributed by atoms with Crippen molar-refractivity contribution in [1.29, 1.82) is 0 Å². The summed E-state index contributed by atoms with van der Waals surface area (Å²) < 4.78 is 5.21. The maximum absolute atomic E-state index is 11.1. The van der Waals surface area contributed by atoms with Crippen molar-refractivity contribution < 1.29 is 14.6 Å². The van der Waals surface area contributed by atoms with Crippen LogP contribution < -0.4 is 15.8 Å². The highest BCUT2D eigenvalue weighted by Gasteiger charge is 2.12. The first-order valence-electron chi connectivity index (χ1n) is 5.75. The van der Waals surface area contributed by atoms with Gasteiger partial charge in [0.05, 0.1) is 29.7 Å². The highest BCUT2D eigenvalue weighted by molar-refractivity contribution is 6.31. The largest absolute Gasteiger partial charge is 0.495 e. The Kier molecular flexibility index (Phi) is 4.00. The van der Waals surface area contributed by atoms with Crippen LogP contribution in [0.3, 0.4) is 0 Å². The van der Waals surface area contributed by atoms with E-state index < -0.39 is 5.97 Å². The lowest BCUT2D eigenvalue weighted by Crippen LogP contribution is -2.05. The number of hydrogen-bond donors (Lipinski definition) is 3. The molecule has 4 N–H and O–H groups in total. The van der Waals surface area contributed by atoms with Crippen molar-refractivity contribution in [2.75, 3.05) is 18.2 Å². The van der Waals surface area contributed by atoms with Crippen molar-refractivity contribution in [2.24, 2.45) is 0 Å². The van der Waals surface area contributed by atoms with E-state index in [4.69, 9.17) is 27.2 Å². The number of nitrogens with one attached hydrogen (secondary N) is 1. The summed E-state index contributed by atoms with van der Waals surface area (Å²) in [7, 11) is 1.53. The number of methoxy groups -OCH3 is 1. The van der Waals surface area contributed by atoms with Gasteiger partial charge in [-0.3, -0.25) is 0 Å². The lowest BCUT2D eigenvalue weighted by molar-refractivity contribution is 0.0698. The molecule has 6 heteroatoms. The Labute approximate surface area is 120 Å². The molecule has 2 rings (SSSR count). The van der Waals surface area contributed by atoms with Gasteiger partial charge in [-0.2, -0.15) is 0 Å². The second-order valence-electron chi connectivity index (χ2n) is 4.04. The number of anilines is 3. The fourth-order valence-electron chi connectivity index (χ4n) is 1.78. The normalized spacial score (nSPS) is 10.1. The molecule has 0 unspecified atom stereocenters. The minimum Gasteiger partial charge on any atom is -0.495 e. The number of carbonyl (C=O) groups is 1. The Morgan fingerprint density at radius 2 is 2.05 bits per heavy atom. The summed E-state index contributed by atoms with van der Waals surface area (Å²) in [4.78, 5) is 11.1. The number of benzene rings is 2. The van der Waals surface area contributed by atoms with Crippen LogP contribution in [0.1, 0.15) is 10.4 Å². The fourth-order valence-corrected chi connectivity index (χ4v) is 1.96. The van der Waals surface area contributed by atoms with Crippen molar-refractivity contribution in [2.45, 2.75) is 0 Å². The SMILES string of the molecule is COc1ccc(Cl)cc1Nc1cccc(C(=O)O)c1N. The van der Waals surface area contributed by atoms with E-state index in [1.165, 1.54) is 13.2 Å². The molecule has 0 saturated heterocycles. The summed E-state index contributed by atoms with van der Waals surface area (Å²) in [6.45, 7) is 0. The third-order valence-electron chi connectivity index (χ3n) is 2.77. The van der Waals surface area contributed by atoms with Gasteiger partial charge in [0.2, 0.25) is 0 Å². The highest BCUT2D eigenvalue weighted by atomic mass is 35.5. The number of aromatic carboxylic acids is 1. The van der Waals surface area contributed by atoms with Crippen LogP contribution in [0.5, 0.6) is 5.75 Å². The predicted octanol–water partition coefficient (Wildman–Crippen LogP) is 3.37. The molecule has 104 valence electrons. The van der Waals surface area contributed by atoms with E-state index >= 15 is 0 Å². The molecule has 0 aliphatic heterocycles. The van der Waals surface area contributed by atoms with E-state index in [2.05, 4.69) is 5.32 Å². The van der Waals surface area contributed by atoms with Gasteiger partial charge in [0, 0.05) is 5.02 Å². The molecule has 0 aromatic heterocycles. The molecule has 0 aliphatic rings. The van der Waals surface area contributed by atoms with Crippen LogP contribution in [-0.2, 0) is 0 Å². The minimum atomic E-state index is -1.08. The molecule has 20 heavy (non-hydrogen) atoms. The first-order valence-corrected chi connectivity index (χ1v) is 6.13. The van der Waals surface area contributed by atoms with Crippen LogP contribution in [0.15, 0.2) is 36.4 Å². The number of carboxylic acids is 1. The number of para-hydroxylation sites is 1. The Balaban J connectivity index is 2.42. The van der Waals surface area contributed by atoms with E-state index in [9.17, 15) is 4.79 Å². The van der Waals surface area contributed by atoms with Crippen molar-refractivity contribution in [3.63, 3.8) is 0 Å². The summed E-state index contributed by atoms with van der Waals surface area (Å²) >= 11 is 5.94. The standard InChI is InChI=1S/C14H13ClN2O3/c1-20-12-6-5-8(15)7-11(12)17-10-4-2-3-9(13(10)16)14(18)19/h2-7,17H,16H2,1H3,(H,18,19). The van der Waals surface area contributed by atoms with E-state index in [-0.39, 0.29) is 11.3 Å². The number of ether oxygens (including phenoxy) is 1. The molecule has 0 atom stereocenters. The number of halogens is 1. The first kappa shape index (κ1) is 14.0. The molecule has 0 fully saturated rings. The molecular weight excluding hydrogens is 280 g/mol. The van der Waals surface area contributed by atoms with Crippen LogP contribution in [-0.4, -0.2) is 18.2 Å². The topological polar surface area (TPSA) is 84.6 Å². The molecule has 2 aromatic carbocycles. The highest BCUT2D eigenvalue weighted by Crippen LogP contribution is 2.33. The monoisotopic (exact) mass is 292 g/mol. The maximum Gasteiger partial charge on any atom is 0.337 e. The molecule has 0 heterocycles. The summed E-state index contributed by atoms with van der Waals surface area (Å²) in [6.07, 6.45) is 0. The second-order valence-corrected chi connectivity index (χ2v) is 4.48. The molecule has 0 saturated carbocycles. The molecule has 0 aliphatic carbocycles. The minimum absolute atomic E-state index is 0.0380. The van der Waals surface area contributed by atoms with Crippen molar-refractivity contribution in [3.05, 3.63) is 47.0 Å². The Bertz CT molecular complexity index is 659. The zero-order valence-corrected chi connectivity index (χ0v) is 11.4. The quantitative estimate of drug-likeness (QED) is 0.752. The predicted molar refractivity (Wildman–Crippen MR) is 79.1 cm³/mol. The second kappa shape index (κ2) is 5.71. The smallest absolute Gasteiger partial charge is 0.337 e. The number of carboxylic acid groups (broad SMARTS) is 1. The number of nitrogen functional groups attached to an aromatic ring is 1. The van der Waals surface area contributed by atoms with Gasteiger partial charge >= 0.3 is 5.97 Å². The van der Waals surface area contributed by atoms with Crippen LogP contribution in [0.4, 0.5) is 17.1 Å². The number of hydrogen-bond acceptors (Lipinski definition) is 4. The van der Waals surface area contributed by atoms with E-state index in [1.807, 2.05) is 0 Å². The van der Waals surface area contributed by atoms with Gasteiger partial charge in [0.25, 0.3) is 0 Å². The van der Waals surface area contributed by atoms with Gasteiger partial charge in [0.15, 0.2) is 0 Å². The van der Waals surface area contributed by atoms with Gasteiger partial charge < -0.3 is 20.9 Å². The van der Waals surface area contributed by atoms with Crippen LogP contribution in [0, 0.1) is 0 Å². The molecule has 5 nitrogen and oxygen atoms in total. The zero-order valence-electron chi connectivity index (χ0n) is 10.7. The third-order valence-corrected chi connectivity index (χ3v) is 3.00. The van der Waals surface area contributed by atoms with Gasteiger partial charge in [-0.1, -0.05) is 17.7 Å². The van der Waals surface area contributed by atoms with Crippen LogP contribution in [0.25, 0.3) is 0 Å². The molecule has 2 aromatic rings. The molecule has 0 radical (unpaired) electrons. The zero-order chi connectivity index (χ0) is 14.7. The Morgan fingerprint density at radius 3 is 2.70 bits per heavy atom. The lowest BCUT2D eigenvalue weighted by Gasteiger charge is -2.14. The molecule has 0 amide bonds. The summed E-state index contributed by atoms with van der Waals surface area (Å²) in [5, 5.41) is 12.6. The van der Waals surface area contributed by atoms with Crippen molar-refractivity contribution in [1.82, 2.24) is 0 Å². The van der Waals surface area contributed by atoms with E-state index in [1.54, 1.807) is 30.3 Å². The average molecular weight is 293 g/mol. The lowest BCUT2D eigenvalue weighted by atomic mass is 10.1. The summed E-state index contributed by atoms with van der Waals surface area (Å²) in [5.74, 6) is -0.501. The van der Waals surface area contributed by atoms with E-state index in [0.29, 0.717) is 22.1 Å². The average Bonchev–Trinajstić information content (AvgIpc) is 2.41. The van der Waals surface area contributed by atoms with Crippen molar-refractivity contribution >= 4 is 34.6 Å². The summed E-state index contributed by atoms with van der Waals surface area (Å²) in [5.41, 5.74) is 7.12. The fraction of sp³-hybridized carbons (Fsp3) is 0.0714.